The number of benzene rings is 3. The number of anilines is 1. The number of hydrogen-bond acceptors (Lipinski definition) is 9. The lowest BCUT2D eigenvalue weighted by atomic mass is 9.94. The highest BCUT2D eigenvalue weighted by Crippen LogP contribution is 2.46. The summed E-state index contributed by atoms with van der Waals surface area (Å²) in [5.41, 5.74) is 2.32. The van der Waals surface area contributed by atoms with Gasteiger partial charge in [-0.3, -0.25) is 14.5 Å². The second-order valence-electron chi connectivity index (χ2n) is 9.61. The van der Waals surface area contributed by atoms with Crippen LogP contribution in [0.3, 0.4) is 0 Å². The number of ketones is 1. The summed E-state index contributed by atoms with van der Waals surface area (Å²) in [5.74, 6) is -0.501. The molecule has 1 aromatic heterocycles. The Kier molecular flexibility index (Phi) is 6.34. The van der Waals surface area contributed by atoms with E-state index in [4.69, 9.17) is 14.2 Å². The van der Waals surface area contributed by atoms with Crippen molar-refractivity contribution in [2.24, 2.45) is 0 Å². The minimum absolute atomic E-state index is 0.00437. The van der Waals surface area contributed by atoms with Gasteiger partial charge in [0.25, 0.3) is 5.78 Å². The summed E-state index contributed by atoms with van der Waals surface area (Å²) in [7, 11) is 1.41. The van der Waals surface area contributed by atoms with Gasteiger partial charge in [-0.1, -0.05) is 17.4 Å². The molecule has 1 fully saturated rings. The summed E-state index contributed by atoms with van der Waals surface area (Å²) >= 11 is 1.24. The Morgan fingerprint density at radius 3 is 2.75 bits per heavy atom. The zero-order valence-corrected chi connectivity index (χ0v) is 22.8. The number of Topliss-reactive ketones (excluding diaryl/α,β-unsaturated/α-hetero) is 1. The highest BCUT2D eigenvalue weighted by molar-refractivity contribution is 7.22. The first-order valence-electron chi connectivity index (χ1n) is 12.8. The number of rotatable bonds is 6. The van der Waals surface area contributed by atoms with Crippen molar-refractivity contribution in [3.8, 4) is 23.0 Å². The molecular formula is C30H26N2O7S. The molecule has 0 bridgehead atoms. The van der Waals surface area contributed by atoms with Crippen molar-refractivity contribution in [1.82, 2.24) is 4.98 Å². The van der Waals surface area contributed by atoms with Crippen molar-refractivity contribution < 1.29 is 34.0 Å². The number of methoxy groups -OCH3 is 1. The van der Waals surface area contributed by atoms with Gasteiger partial charge in [0.2, 0.25) is 0 Å². The van der Waals surface area contributed by atoms with Gasteiger partial charge < -0.3 is 24.4 Å². The molecule has 3 aromatic carbocycles. The van der Waals surface area contributed by atoms with Gasteiger partial charge in [-0.2, -0.15) is 0 Å². The van der Waals surface area contributed by atoms with Crippen LogP contribution in [0.2, 0.25) is 0 Å². The molecule has 2 N–H and O–H groups in total. The number of carbonyl (C=O) groups is 2. The van der Waals surface area contributed by atoms with Crippen molar-refractivity contribution in [3.05, 3.63) is 76.9 Å². The number of thiazole rings is 1. The van der Waals surface area contributed by atoms with Crippen LogP contribution < -0.4 is 19.1 Å². The number of amides is 1. The number of carbonyl (C=O) groups excluding carboxylic acids is 2. The van der Waals surface area contributed by atoms with Crippen molar-refractivity contribution in [2.45, 2.75) is 32.4 Å². The molecule has 4 aromatic rings. The Labute approximate surface area is 233 Å². The van der Waals surface area contributed by atoms with Gasteiger partial charge in [0.05, 0.1) is 35.5 Å². The lowest BCUT2D eigenvalue weighted by molar-refractivity contribution is -0.132. The molecule has 1 amide bonds. The Balaban J connectivity index is 1.53. The van der Waals surface area contributed by atoms with E-state index in [1.54, 1.807) is 42.5 Å². The molecule has 2 aliphatic rings. The van der Waals surface area contributed by atoms with Crippen LogP contribution in [-0.2, 0) is 16.0 Å². The van der Waals surface area contributed by atoms with E-state index in [1.165, 1.54) is 29.4 Å². The SMILES string of the molecule is CCOc1ccc2nc(N3C(=O)C(=O)C(=C(O)c4ccc5c(c4)C[C@H](C)O5)[C@@H]3c3ccc(O)c(OC)c3)sc2c1. The lowest BCUT2D eigenvalue weighted by Gasteiger charge is -2.23. The van der Waals surface area contributed by atoms with Crippen LogP contribution in [0.15, 0.2) is 60.2 Å². The number of aromatic nitrogens is 1. The first-order chi connectivity index (χ1) is 19.3. The molecule has 10 heteroatoms. The number of aliphatic hydroxyl groups is 1. The van der Waals surface area contributed by atoms with Gasteiger partial charge in [0, 0.05) is 12.0 Å². The fourth-order valence-corrected chi connectivity index (χ4v) is 6.21. The van der Waals surface area contributed by atoms with E-state index in [-0.39, 0.29) is 34.1 Å². The van der Waals surface area contributed by atoms with Gasteiger partial charge in [-0.05, 0) is 73.5 Å². The number of aromatic hydroxyl groups is 1. The highest BCUT2D eigenvalue weighted by Gasteiger charge is 2.48. The topological polar surface area (TPSA) is 118 Å². The summed E-state index contributed by atoms with van der Waals surface area (Å²) in [6, 6.07) is 14.2. The molecule has 0 aliphatic carbocycles. The third-order valence-corrected chi connectivity index (χ3v) is 8.02. The summed E-state index contributed by atoms with van der Waals surface area (Å²) < 4.78 is 17.5. The Hall–Kier alpha value is -4.57. The fraction of sp³-hybridized carbons (Fsp3) is 0.233. The Morgan fingerprint density at radius 2 is 1.98 bits per heavy atom. The van der Waals surface area contributed by atoms with Gasteiger partial charge in [0.15, 0.2) is 16.6 Å². The molecule has 9 nitrogen and oxygen atoms in total. The van der Waals surface area contributed by atoms with E-state index in [2.05, 4.69) is 4.98 Å². The van der Waals surface area contributed by atoms with E-state index >= 15 is 0 Å². The normalized spacial score (nSPS) is 19.6. The predicted octanol–water partition coefficient (Wildman–Crippen LogP) is 5.36. The molecule has 0 saturated carbocycles. The Bertz CT molecular complexity index is 1710. The van der Waals surface area contributed by atoms with Crippen LogP contribution in [0.1, 0.15) is 36.6 Å². The van der Waals surface area contributed by atoms with Crippen molar-refractivity contribution >= 4 is 44.1 Å². The average Bonchev–Trinajstić information content (AvgIpc) is 3.60. The highest BCUT2D eigenvalue weighted by atomic mass is 32.1. The van der Waals surface area contributed by atoms with Crippen LogP contribution in [0, 0.1) is 0 Å². The Morgan fingerprint density at radius 1 is 1.15 bits per heavy atom. The molecule has 3 heterocycles. The smallest absolute Gasteiger partial charge is 0.301 e. The average molecular weight is 559 g/mol. The van der Waals surface area contributed by atoms with Crippen molar-refractivity contribution in [2.75, 3.05) is 18.6 Å². The largest absolute Gasteiger partial charge is 0.507 e. The molecule has 6 rings (SSSR count). The van der Waals surface area contributed by atoms with E-state index in [0.29, 0.717) is 35.4 Å². The molecule has 0 radical (unpaired) electrons. The lowest BCUT2D eigenvalue weighted by Crippen LogP contribution is -2.29. The molecule has 40 heavy (non-hydrogen) atoms. The maximum absolute atomic E-state index is 13.6. The van der Waals surface area contributed by atoms with Gasteiger partial charge in [-0.25, -0.2) is 4.98 Å². The molecule has 204 valence electrons. The number of nitrogens with zero attached hydrogens (tertiary/aromatic N) is 2. The summed E-state index contributed by atoms with van der Waals surface area (Å²) in [6.07, 6.45) is 0.670. The molecule has 2 aliphatic heterocycles. The standard InChI is InChI=1S/C30H26N2O7S/c1-4-38-19-7-8-20-24(14-19)40-30(31-20)32-26(16-5-9-21(33)23(13-16)37-3)25(28(35)29(32)36)27(34)17-6-10-22-18(12-17)11-15(2)39-22/h5-10,12-15,26,33-34H,4,11H2,1-3H3/t15-,26-/m0/s1. The van der Waals surface area contributed by atoms with Crippen molar-refractivity contribution in [3.63, 3.8) is 0 Å². The van der Waals surface area contributed by atoms with Crippen LogP contribution in [-0.4, -0.2) is 46.7 Å². The van der Waals surface area contributed by atoms with E-state index in [0.717, 1.165) is 16.0 Å². The zero-order valence-electron chi connectivity index (χ0n) is 22.0. The van der Waals surface area contributed by atoms with Crippen LogP contribution in [0.5, 0.6) is 23.0 Å². The number of aliphatic hydroxyl groups excluding tert-OH is 1. The summed E-state index contributed by atoms with van der Waals surface area (Å²) in [6.45, 7) is 4.35. The number of phenols is 1. The van der Waals surface area contributed by atoms with Crippen LogP contribution >= 0.6 is 11.3 Å². The molecule has 0 spiro atoms. The second kappa shape index (κ2) is 9.87. The minimum Gasteiger partial charge on any atom is -0.507 e. The van der Waals surface area contributed by atoms with Gasteiger partial charge in [0.1, 0.15) is 23.4 Å². The predicted molar refractivity (Wildman–Crippen MR) is 150 cm³/mol. The fourth-order valence-electron chi connectivity index (χ4n) is 5.19. The monoisotopic (exact) mass is 558 g/mol. The maximum atomic E-state index is 13.6. The quantitative estimate of drug-likeness (QED) is 0.185. The molecule has 1 saturated heterocycles. The summed E-state index contributed by atoms with van der Waals surface area (Å²) in [4.78, 5) is 33.1. The molecule has 2 atom stereocenters. The van der Waals surface area contributed by atoms with Gasteiger partial charge in [-0.15, -0.1) is 0 Å². The zero-order chi connectivity index (χ0) is 28.1. The third kappa shape index (κ3) is 4.21. The minimum atomic E-state index is -1.02. The molecule has 0 unspecified atom stereocenters. The van der Waals surface area contributed by atoms with E-state index in [1.807, 2.05) is 19.9 Å². The number of phenolic OH excluding ortho intramolecular Hbond substituents is 1. The number of fused-ring (bicyclic) bond motifs is 2. The third-order valence-electron chi connectivity index (χ3n) is 7.00. The number of hydrogen-bond donors (Lipinski definition) is 2. The first-order valence-corrected chi connectivity index (χ1v) is 13.6. The second-order valence-corrected chi connectivity index (χ2v) is 10.6. The van der Waals surface area contributed by atoms with Gasteiger partial charge >= 0.3 is 5.91 Å². The number of ether oxygens (including phenoxy) is 3. The first kappa shape index (κ1) is 25.7. The maximum Gasteiger partial charge on any atom is 0.301 e. The molecular weight excluding hydrogens is 532 g/mol. The van der Waals surface area contributed by atoms with Crippen LogP contribution in [0.25, 0.3) is 16.0 Å². The van der Waals surface area contributed by atoms with E-state index < -0.39 is 17.7 Å². The van der Waals surface area contributed by atoms with Crippen molar-refractivity contribution in [1.29, 1.82) is 0 Å². The summed E-state index contributed by atoms with van der Waals surface area (Å²) in [5, 5.41) is 22.1. The van der Waals surface area contributed by atoms with Crippen LogP contribution in [0.4, 0.5) is 5.13 Å². The van der Waals surface area contributed by atoms with E-state index in [9.17, 15) is 19.8 Å².